The van der Waals surface area contributed by atoms with Crippen molar-refractivity contribution in [3.8, 4) is 5.75 Å². The lowest BCUT2D eigenvalue weighted by Crippen LogP contribution is -2.18. The number of nitrogens with one attached hydrogen (secondary N) is 1. The second kappa shape index (κ2) is 7.59. The molecule has 6 heteroatoms. The summed E-state index contributed by atoms with van der Waals surface area (Å²) in [6.45, 7) is 5.76. The van der Waals surface area contributed by atoms with Crippen LogP contribution in [0.5, 0.6) is 5.75 Å². The lowest BCUT2D eigenvalue weighted by Gasteiger charge is -2.17. The minimum absolute atomic E-state index is 0.244. The monoisotopic (exact) mass is 342 g/mol. The van der Waals surface area contributed by atoms with Crippen LogP contribution in [-0.2, 0) is 13.1 Å². The van der Waals surface area contributed by atoms with Gasteiger partial charge in [0, 0.05) is 35.4 Å². The zero-order valence-electron chi connectivity index (χ0n) is 14.2. The van der Waals surface area contributed by atoms with Crippen molar-refractivity contribution in [2.45, 2.75) is 33.0 Å². The highest BCUT2D eigenvalue weighted by molar-refractivity contribution is 7.09. The van der Waals surface area contributed by atoms with Crippen LogP contribution in [0.2, 0.25) is 0 Å². The van der Waals surface area contributed by atoms with E-state index >= 15 is 0 Å². The predicted octanol–water partition coefficient (Wildman–Crippen LogP) is 3.56. The second-order valence-corrected chi connectivity index (χ2v) is 6.68. The summed E-state index contributed by atoms with van der Waals surface area (Å²) < 4.78 is 7.40. The summed E-state index contributed by atoms with van der Waals surface area (Å²) in [4.78, 5) is 5.58. The van der Waals surface area contributed by atoms with Gasteiger partial charge in [0.15, 0.2) is 0 Å². The number of aromatic nitrogens is 3. The van der Waals surface area contributed by atoms with Crippen LogP contribution in [0, 0.1) is 6.92 Å². The van der Waals surface area contributed by atoms with E-state index in [-0.39, 0.29) is 6.04 Å². The molecule has 3 rings (SSSR count). The Labute approximate surface area is 146 Å². The van der Waals surface area contributed by atoms with Crippen LogP contribution in [0.25, 0.3) is 0 Å². The molecular formula is C18H22N4OS. The molecule has 5 nitrogen and oxygen atoms in total. The number of benzene rings is 1. The van der Waals surface area contributed by atoms with Crippen molar-refractivity contribution >= 4 is 11.3 Å². The molecule has 0 saturated heterocycles. The van der Waals surface area contributed by atoms with Gasteiger partial charge in [0.2, 0.25) is 0 Å². The van der Waals surface area contributed by atoms with Crippen LogP contribution < -0.4 is 10.1 Å². The van der Waals surface area contributed by atoms with E-state index in [9.17, 15) is 0 Å². The quantitative estimate of drug-likeness (QED) is 0.713. The van der Waals surface area contributed by atoms with Crippen molar-refractivity contribution in [2.24, 2.45) is 0 Å². The largest absolute Gasteiger partial charge is 0.496 e. The van der Waals surface area contributed by atoms with Gasteiger partial charge in [-0.2, -0.15) is 5.10 Å². The number of hydrogen-bond acceptors (Lipinski definition) is 5. The summed E-state index contributed by atoms with van der Waals surface area (Å²) in [5, 5.41) is 7.85. The van der Waals surface area contributed by atoms with E-state index in [1.54, 1.807) is 24.6 Å². The Morgan fingerprint density at radius 3 is 2.92 bits per heavy atom. The van der Waals surface area contributed by atoms with Crippen LogP contribution in [0.15, 0.2) is 42.2 Å². The van der Waals surface area contributed by atoms with Crippen molar-refractivity contribution in [3.05, 3.63) is 63.9 Å². The standard InChI is InChI=1S/C18H22N4OS/c1-13(19-10-18-14(2)20-12-24-18)15-5-6-17(23-3)16(9-15)11-22-8-4-7-21-22/h4-9,12-13,19H,10-11H2,1-3H3/t13-/m1/s1. The minimum atomic E-state index is 0.244. The molecule has 2 aromatic heterocycles. The molecule has 1 atom stereocenters. The maximum absolute atomic E-state index is 5.50. The molecule has 0 fully saturated rings. The highest BCUT2D eigenvalue weighted by Gasteiger charge is 2.11. The van der Waals surface area contributed by atoms with Gasteiger partial charge >= 0.3 is 0 Å². The fourth-order valence-corrected chi connectivity index (χ4v) is 3.35. The summed E-state index contributed by atoms with van der Waals surface area (Å²) in [5.74, 6) is 0.889. The number of methoxy groups -OCH3 is 1. The first kappa shape index (κ1) is 16.7. The number of rotatable bonds is 7. The summed E-state index contributed by atoms with van der Waals surface area (Å²) in [7, 11) is 1.70. The van der Waals surface area contributed by atoms with Gasteiger partial charge < -0.3 is 10.1 Å². The molecule has 24 heavy (non-hydrogen) atoms. The predicted molar refractivity (Wildman–Crippen MR) is 96.4 cm³/mol. The topological polar surface area (TPSA) is 52.0 Å². The molecule has 0 amide bonds. The molecule has 126 valence electrons. The average molecular weight is 342 g/mol. The fourth-order valence-electron chi connectivity index (χ4n) is 2.62. The van der Waals surface area contributed by atoms with Crippen molar-refractivity contribution in [2.75, 3.05) is 7.11 Å². The molecular weight excluding hydrogens is 320 g/mol. The van der Waals surface area contributed by atoms with E-state index in [0.717, 1.165) is 23.6 Å². The normalized spacial score (nSPS) is 12.3. The molecule has 0 aliphatic carbocycles. The number of aryl methyl sites for hydroxylation is 1. The van der Waals surface area contributed by atoms with Gasteiger partial charge in [-0.3, -0.25) is 4.68 Å². The van der Waals surface area contributed by atoms with Gasteiger partial charge in [-0.1, -0.05) is 6.07 Å². The molecule has 1 aromatic carbocycles. The molecule has 0 aliphatic heterocycles. The van der Waals surface area contributed by atoms with Gasteiger partial charge in [-0.15, -0.1) is 11.3 Å². The molecule has 3 aromatic rings. The highest BCUT2D eigenvalue weighted by atomic mass is 32.1. The van der Waals surface area contributed by atoms with Crippen molar-refractivity contribution < 1.29 is 4.74 Å². The molecule has 0 aliphatic rings. The first-order valence-corrected chi connectivity index (χ1v) is 8.82. The average Bonchev–Trinajstić information content (AvgIpc) is 3.24. The van der Waals surface area contributed by atoms with Gasteiger partial charge in [-0.25, -0.2) is 4.98 Å². The van der Waals surface area contributed by atoms with Gasteiger partial charge in [0.25, 0.3) is 0 Å². The third-order valence-electron chi connectivity index (χ3n) is 4.11. The lowest BCUT2D eigenvalue weighted by atomic mass is 10.0. The van der Waals surface area contributed by atoms with E-state index in [2.05, 4.69) is 34.5 Å². The van der Waals surface area contributed by atoms with Crippen LogP contribution in [0.4, 0.5) is 0 Å². The van der Waals surface area contributed by atoms with E-state index in [1.165, 1.54) is 10.4 Å². The summed E-state index contributed by atoms with van der Waals surface area (Å²) in [6.07, 6.45) is 3.75. The van der Waals surface area contributed by atoms with Gasteiger partial charge in [0.1, 0.15) is 5.75 Å². The maximum Gasteiger partial charge on any atom is 0.123 e. The maximum atomic E-state index is 5.50. The van der Waals surface area contributed by atoms with E-state index in [4.69, 9.17) is 4.74 Å². The zero-order chi connectivity index (χ0) is 16.9. The molecule has 0 unspecified atom stereocenters. The van der Waals surface area contributed by atoms with Crippen LogP contribution in [0.3, 0.4) is 0 Å². The Morgan fingerprint density at radius 2 is 2.25 bits per heavy atom. The van der Waals surface area contributed by atoms with E-state index < -0.39 is 0 Å². The molecule has 0 radical (unpaired) electrons. The fraction of sp³-hybridized carbons (Fsp3) is 0.333. The van der Waals surface area contributed by atoms with Crippen LogP contribution >= 0.6 is 11.3 Å². The Balaban J connectivity index is 1.73. The zero-order valence-corrected chi connectivity index (χ0v) is 15.0. The molecule has 2 heterocycles. The third kappa shape index (κ3) is 3.83. The van der Waals surface area contributed by atoms with Crippen LogP contribution in [-0.4, -0.2) is 21.9 Å². The minimum Gasteiger partial charge on any atom is -0.496 e. The van der Waals surface area contributed by atoms with Crippen molar-refractivity contribution in [1.29, 1.82) is 0 Å². The van der Waals surface area contributed by atoms with Gasteiger partial charge in [0.05, 0.1) is 24.9 Å². The SMILES string of the molecule is COc1ccc([C@@H](C)NCc2scnc2C)cc1Cn1cccn1. The smallest absolute Gasteiger partial charge is 0.123 e. The molecule has 0 spiro atoms. The van der Waals surface area contributed by atoms with Gasteiger partial charge in [-0.05, 0) is 37.6 Å². The van der Waals surface area contributed by atoms with Crippen molar-refractivity contribution in [3.63, 3.8) is 0 Å². The Kier molecular flexibility index (Phi) is 5.27. The second-order valence-electron chi connectivity index (χ2n) is 5.74. The van der Waals surface area contributed by atoms with Crippen LogP contribution in [0.1, 0.15) is 34.7 Å². The van der Waals surface area contributed by atoms with Crippen molar-refractivity contribution in [1.82, 2.24) is 20.1 Å². The lowest BCUT2D eigenvalue weighted by molar-refractivity contribution is 0.406. The number of hydrogen-bond donors (Lipinski definition) is 1. The first-order valence-electron chi connectivity index (χ1n) is 7.94. The Bertz CT molecular complexity index is 782. The number of thiazole rings is 1. The highest BCUT2D eigenvalue weighted by Crippen LogP contribution is 2.24. The summed E-state index contributed by atoms with van der Waals surface area (Å²) >= 11 is 1.69. The summed E-state index contributed by atoms with van der Waals surface area (Å²) in [6, 6.07) is 8.51. The first-order chi connectivity index (χ1) is 11.7. The number of nitrogens with zero attached hydrogens (tertiary/aromatic N) is 3. The number of ether oxygens (including phenoxy) is 1. The Morgan fingerprint density at radius 1 is 1.38 bits per heavy atom. The summed E-state index contributed by atoms with van der Waals surface area (Å²) in [5.41, 5.74) is 5.36. The molecule has 0 saturated carbocycles. The Hall–Kier alpha value is -2.18. The molecule has 1 N–H and O–H groups in total. The third-order valence-corrected chi connectivity index (χ3v) is 5.04. The van der Waals surface area contributed by atoms with E-state index in [1.807, 2.05) is 35.4 Å². The molecule has 0 bridgehead atoms. The van der Waals surface area contributed by atoms with E-state index in [0.29, 0.717) is 6.54 Å².